The van der Waals surface area contributed by atoms with Crippen LogP contribution in [-0.2, 0) is 0 Å². The third-order valence-corrected chi connectivity index (χ3v) is 4.27. The molecule has 6 nitrogen and oxygen atoms in total. The number of aliphatic hydroxyl groups is 1. The van der Waals surface area contributed by atoms with Crippen molar-refractivity contribution < 1.29 is 19.4 Å². The Morgan fingerprint density at radius 2 is 1.92 bits per heavy atom. The highest BCUT2D eigenvalue weighted by Crippen LogP contribution is 2.32. The van der Waals surface area contributed by atoms with Crippen molar-refractivity contribution in [2.45, 2.75) is 26.5 Å². The number of anilines is 1. The van der Waals surface area contributed by atoms with Crippen molar-refractivity contribution >= 4 is 17.5 Å². The van der Waals surface area contributed by atoms with E-state index in [0.717, 1.165) is 12.2 Å². The number of carbonyl (C=O) groups is 2. The van der Waals surface area contributed by atoms with Gasteiger partial charge in [0.1, 0.15) is 5.75 Å². The third-order valence-electron chi connectivity index (χ3n) is 4.27. The smallest absolute Gasteiger partial charge is 0.256 e. The van der Waals surface area contributed by atoms with Crippen LogP contribution in [0.25, 0.3) is 0 Å². The molecule has 1 aliphatic rings. The maximum atomic E-state index is 12.5. The van der Waals surface area contributed by atoms with Crippen molar-refractivity contribution in [2.24, 2.45) is 0 Å². The number of nitrogens with one attached hydrogen (secondary N) is 1. The molecule has 1 atom stereocenters. The monoisotopic (exact) mass is 354 g/mol. The van der Waals surface area contributed by atoms with Gasteiger partial charge in [0.15, 0.2) is 6.23 Å². The molecular weight excluding hydrogens is 332 g/mol. The van der Waals surface area contributed by atoms with Gasteiger partial charge in [0.25, 0.3) is 11.8 Å². The Morgan fingerprint density at radius 1 is 1.19 bits per heavy atom. The molecule has 0 spiro atoms. The Labute approximate surface area is 152 Å². The van der Waals surface area contributed by atoms with E-state index in [9.17, 15) is 14.7 Å². The maximum absolute atomic E-state index is 12.5. The van der Waals surface area contributed by atoms with E-state index in [1.807, 2.05) is 13.8 Å². The predicted octanol–water partition coefficient (Wildman–Crippen LogP) is 3.19. The van der Waals surface area contributed by atoms with Gasteiger partial charge in [-0.25, -0.2) is 0 Å². The van der Waals surface area contributed by atoms with Gasteiger partial charge in [0.05, 0.1) is 6.61 Å². The fourth-order valence-corrected chi connectivity index (χ4v) is 3.01. The van der Waals surface area contributed by atoms with Crippen LogP contribution in [0, 0.1) is 0 Å². The minimum absolute atomic E-state index is 0.245. The number of aliphatic hydroxyl groups excluding tert-OH is 1. The lowest BCUT2D eigenvalue weighted by Gasteiger charge is -2.19. The molecule has 0 aliphatic carbocycles. The molecule has 0 radical (unpaired) electrons. The second-order valence-electron chi connectivity index (χ2n) is 6.09. The molecule has 1 aliphatic heterocycles. The molecule has 0 saturated carbocycles. The van der Waals surface area contributed by atoms with Crippen molar-refractivity contribution in [3.05, 3.63) is 59.2 Å². The number of nitrogens with zero attached hydrogens (tertiary/aromatic N) is 1. The largest absolute Gasteiger partial charge is 0.494 e. The Balaban J connectivity index is 1.77. The van der Waals surface area contributed by atoms with Crippen LogP contribution in [-0.4, -0.2) is 35.0 Å². The van der Waals surface area contributed by atoms with Crippen molar-refractivity contribution in [1.82, 2.24) is 4.90 Å². The molecule has 3 rings (SSSR count). The number of hydrogen-bond acceptors (Lipinski definition) is 4. The number of fused-ring (bicyclic) bond motifs is 1. The van der Waals surface area contributed by atoms with Crippen molar-refractivity contribution in [1.29, 1.82) is 0 Å². The van der Waals surface area contributed by atoms with Gasteiger partial charge in [-0.15, -0.1) is 0 Å². The van der Waals surface area contributed by atoms with Crippen LogP contribution >= 0.6 is 0 Å². The molecule has 136 valence electrons. The van der Waals surface area contributed by atoms with Crippen molar-refractivity contribution in [3.63, 3.8) is 0 Å². The number of benzene rings is 2. The lowest BCUT2D eigenvalue weighted by Crippen LogP contribution is -2.28. The zero-order valence-corrected chi connectivity index (χ0v) is 14.9. The molecule has 1 unspecified atom stereocenters. The third kappa shape index (κ3) is 3.41. The van der Waals surface area contributed by atoms with Gasteiger partial charge in [0.2, 0.25) is 0 Å². The van der Waals surface area contributed by atoms with Gasteiger partial charge in [-0.2, -0.15) is 0 Å². The highest BCUT2D eigenvalue weighted by atomic mass is 16.5. The van der Waals surface area contributed by atoms with Gasteiger partial charge in [-0.05, 0) is 49.7 Å². The summed E-state index contributed by atoms with van der Waals surface area (Å²) in [5, 5.41) is 13.1. The van der Waals surface area contributed by atoms with Crippen LogP contribution in [0.5, 0.6) is 5.75 Å². The molecule has 0 saturated heterocycles. The second-order valence-corrected chi connectivity index (χ2v) is 6.09. The second kappa shape index (κ2) is 7.58. The molecule has 2 N–H and O–H groups in total. The zero-order valence-electron chi connectivity index (χ0n) is 14.9. The predicted molar refractivity (Wildman–Crippen MR) is 98.3 cm³/mol. The van der Waals surface area contributed by atoms with Crippen LogP contribution < -0.4 is 10.1 Å². The zero-order chi connectivity index (χ0) is 18.7. The number of amides is 2. The fraction of sp³-hybridized carbons (Fsp3) is 0.300. The van der Waals surface area contributed by atoms with Crippen molar-refractivity contribution in [2.75, 3.05) is 18.5 Å². The van der Waals surface area contributed by atoms with E-state index in [1.54, 1.807) is 42.5 Å². The summed E-state index contributed by atoms with van der Waals surface area (Å²) in [5.41, 5.74) is 1.93. The van der Waals surface area contributed by atoms with E-state index in [1.165, 1.54) is 4.90 Å². The van der Waals surface area contributed by atoms with Crippen LogP contribution in [0.1, 0.15) is 52.8 Å². The summed E-state index contributed by atoms with van der Waals surface area (Å²) in [6.07, 6.45) is -0.192. The van der Waals surface area contributed by atoms with E-state index in [2.05, 4.69) is 5.32 Å². The van der Waals surface area contributed by atoms with Gasteiger partial charge in [-0.1, -0.05) is 13.0 Å². The van der Waals surface area contributed by atoms with E-state index in [0.29, 0.717) is 35.5 Å². The van der Waals surface area contributed by atoms with Gasteiger partial charge >= 0.3 is 0 Å². The average Bonchev–Trinajstić information content (AvgIpc) is 2.88. The minimum Gasteiger partial charge on any atom is -0.494 e. The van der Waals surface area contributed by atoms with Crippen LogP contribution in [0.3, 0.4) is 0 Å². The molecule has 6 heteroatoms. The van der Waals surface area contributed by atoms with Crippen LogP contribution in [0.4, 0.5) is 5.69 Å². The number of hydrogen-bond donors (Lipinski definition) is 2. The summed E-state index contributed by atoms with van der Waals surface area (Å²) in [4.78, 5) is 26.4. The quantitative estimate of drug-likeness (QED) is 0.835. The van der Waals surface area contributed by atoms with Gasteiger partial charge < -0.3 is 20.1 Å². The van der Waals surface area contributed by atoms with E-state index in [4.69, 9.17) is 4.74 Å². The fourth-order valence-electron chi connectivity index (χ4n) is 3.01. The molecule has 2 amide bonds. The first kappa shape index (κ1) is 17.9. The SMILES string of the molecule is CCCN1C(=O)c2cc(C(=O)Nc3ccc(OCC)cc3)ccc2C1O. The minimum atomic E-state index is -0.944. The highest BCUT2D eigenvalue weighted by Gasteiger charge is 2.35. The Kier molecular flexibility index (Phi) is 5.23. The lowest BCUT2D eigenvalue weighted by atomic mass is 10.0. The van der Waals surface area contributed by atoms with Crippen LogP contribution in [0.15, 0.2) is 42.5 Å². The first-order valence-electron chi connectivity index (χ1n) is 8.72. The molecule has 2 aromatic carbocycles. The Bertz CT molecular complexity index is 817. The number of rotatable bonds is 6. The molecule has 2 aromatic rings. The van der Waals surface area contributed by atoms with Crippen LogP contribution in [0.2, 0.25) is 0 Å². The summed E-state index contributed by atoms with van der Waals surface area (Å²) >= 11 is 0. The molecule has 0 fully saturated rings. The summed E-state index contributed by atoms with van der Waals surface area (Å²) in [7, 11) is 0. The first-order valence-corrected chi connectivity index (χ1v) is 8.72. The molecule has 26 heavy (non-hydrogen) atoms. The molecule has 1 heterocycles. The van der Waals surface area contributed by atoms with Gasteiger partial charge in [0, 0.05) is 28.9 Å². The first-order chi connectivity index (χ1) is 12.5. The molecule has 0 aromatic heterocycles. The molecule has 0 bridgehead atoms. The standard InChI is InChI=1S/C20H22N2O4/c1-3-11-22-19(24)16-10-5-13(12-17(16)20(22)25)18(23)21-14-6-8-15(9-7-14)26-4-2/h5-10,12,19,24H,3-4,11H2,1-2H3,(H,21,23). The summed E-state index contributed by atoms with van der Waals surface area (Å²) in [6, 6.07) is 11.9. The number of ether oxygens (including phenoxy) is 1. The van der Waals surface area contributed by atoms with E-state index >= 15 is 0 Å². The average molecular weight is 354 g/mol. The topological polar surface area (TPSA) is 78.9 Å². The maximum Gasteiger partial charge on any atom is 0.256 e. The summed E-state index contributed by atoms with van der Waals surface area (Å²) in [6.45, 7) is 4.90. The Hall–Kier alpha value is -2.86. The normalized spacial score (nSPS) is 15.7. The molecular formula is C20H22N2O4. The van der Waals surface area contributed by atoms with E-state index in [-0.39, 0.29) is 11.8 Å². The summed E-state index contributed by atoms with van der Waals surface area (Å²) in [5.74, 6) is 0.178. The number of carbonyl (C=O) groups excluding carboxylic acids is 2. The van der Waals surface area contributed by atoms with Gasteiger partial charge in [-0.3, -0.25) is 9.59 Å². The van der Waals surface area contributed by atoms with E-state index < -0.39 is 6.23 Å². The highest BCUT2D eigenvalue weighted by molar-refractivity contribution is 6.07. The Morgan fingerprint density at radius 3 is 2.58 bits per heavy atom. The summed E-state index contributed by atoms with van der Waals surface area (Å²) < 4.78 is 5.37. The lowest BCUT2D eigenvalue weighted by molar-refractivity contribution is 0.0177. The van der Waals surface area contributed by atoms with Crippen molar-refractivity contribution in [3.8, 4) is 5.75 Å².